The molecule has 2 amide bonds. The molecule has 1 N–H and O–H groups in total. The number of carbonyl (C=O) groups is 3. The fraction of sp³-hybridized carbons (Fsp3) is 0.357. The van der Waals surface area contributed by atoms with E-state index in [9.17, 15) is 19.5 Å². The van der Waals surface area contributed by atoms with E-state index in [-0.39, 0.29) is 6.42 Å². The average Bonchev–Trinajstić information content (AvgIpc) is 2.65. The third kappa shape index (κ3) is 1.39. The lowest BCUT2D eigenvalue weighted by atomic mass is 9.73. The zero-order valence-corrected chi connectivity index (χ0v) is 10.8. The summed E-state index contributed by atoms with van der Waals surface area (Å²) in [6.45, 7) is 0. The number of amides is 2. The van der Waals surface area contributed by atoms with Crippen molar-refractivity contribution in [1.29, 1.82) is 0 Å². The standard InChI is InChI=1S/C14H13NO5/c1-20-14(13(18)19)7-6-10(14)15-11(16)8-4-2-3-5-9(8)12(15)17/h2-5,10H,6-7H2,1H3,(H,18,19). The molecule has 6 heteroatoms. The highest BCUT2D eigenvalue weighted by Gasteiger charge is 2.60. The highest BCUT2D eigenvalue weighted by Crippen LogP contribution is 2.42. The van der Waals surface area contributed by atoms with E-state index < -0.39 is 29.4 Å². The lowest BCUT2D eigenvalue weighted by molar-refractivity contribution is -0.184. The SMILES string of the molecule is COC1(C(=O)O)CCC1N1C(=O)c2ccccc2C1=O. The first-order chi connectivity index (χ1) is 9.53. The van der Waals surface area contributed by atoms with Crippen LogP contribution in [-0.4, -0.2) is 46.5 Å². The first-order valence-electron chi connectivity index (χ1n) is 6.28. The van der Waals surface area contributed by atoms with Crippen molar-refractivity contribution in [3.05, 3.63) is 35.4 Å². The van der Waals surface area contributed by atoms with Gasteiger partial charge in [-0.1, -0.05) is 12.1 Å². The van der Waals surface area contributed by atoms with Gasteiger partial charge in [0.2, 0.25) is 0 Å². The third-order valence-corrected chi connectivity index (χ3v) is 4.19. The zero-order chi connectivity index (χ0) is 14.5. The Morgan fingerprint density at radius 2 is 1.85 bits per heavy atom. The molecule has 2 unspecified atom stereocenters. The number of fused-ring (bicyclic) bond motifs is 1. The summed E-state index contributed by atoms with van der Waals surface area (Å²) in [5.74, 6) is -2.04. The van der Waals surface area contributed by atoms with Crippen molar-refractivity contribution < 1.29 is 24.2 Å². The predicted molar refractivity (Wildman–Crippen MR) is 67.3 cm³/mol. The quantitative estimate of drug-likeness (QED) is 0.829. The first-order valence-corrected chi connectivity index (χ1v) is 6.28. The molecular weight excluding hydrogens is 262 g/mol. The van der Waals surface area contributed by atoms with Crippen molar-refractivity contribution in [2.24, 2.45) is 0 Å². The maximum atomic E-state index is 12.3. The number of aliphatic carboxylic acids is 1. The average molecular weight is 275 g/mol. The summed E-state index contributed by atoms with van der Waals surface area (Å²) in [6.07, 6.45) is 0.725. The maximum Gasteiger partial charge on any atom is 0.338 e. The van der Waals surface area contributed by atoms with E-state index >= 15 is 0 Å². The van der Waals surface area contributed by atoms with Crippen LogP contribution in [0.1, 0.15) is 33.6 Å². The van der Waals surface area contributed by atoms with Gasteiger partial charge >= 0.3 is 5.97 Å². The minimum Gasteiger partial charge on any atom is -0.479 e. The van der Waals surface area contributed by atoms with Gasteiger partial charge in [-0.2, -0.15) is 0 Å². The molecule has 2 atom stereocenters. The molecule has 6 nitrogen and oxygen atoms in total. The fourth-order valence-corrected chi connectivity index (χ4v) is 2.94. The number of nitrogens with zero attached hydrogens (tertiary/aromatic N) is 1. The van der Waals surface area contributed by atoms with Gasteiger partial charge in [-0.15, -0.1) is 0 Å². The molecule has 2 aliphatic rings. The lowest BCUT2D eigenvalue weighted by Crippen LogP contribution is -2.66. The molecule has 1 heterocycles. The summed E-state index contributed by atoms with van der Waals surface area (Å²) >= 11 is 0. The van der Waals surface area contributed by atoms with Crippen molar-refractivity contribution in [1.82, 2.24) is 4.90 Å². The number of hydrogen-bond donors (Lipinski definition) is 1. The Labute approximate surface area is 114 Å². The molecule has 1 aliphatic carbocycles. The van der Waals surface area contributed by atoms with Crippen LogP contribution in [0.3, 0.4) is 0 Å². The summed E-state index contributed by atoms with van der Waals surface area (Å²) < 4.78 is 5.11. The minimum absolute atomic E-state index is 0.289. The van der Waals surface area contributed by atoms with Gasteiger partial charge in [0.05, 0.1) is 17.2 Å². The highest BCUT2D eigenvalue weighted by atomic mass is 16.5. The second-order valence-corrected chi connectivity index (χ2v) is 4.98. The number of imide groups is 1. The number of ether oxygens (including phenoxy) is 1. The van der Waals surface area contributed by atoms with Crippen LogP contribution in [0, 0.1) is 0 Å². The van der Waals surface area contributed by atoms with E-state index in [2.05, 4.69) is 0 Å². The zero-order valence-electron chi connectivity index (χ0n) is 10.8. The normalized spacial score (nSPS) is 28.2. The molecule has 0 spiro atoms. The van der Waals surface area contributed by atoms with E-state index in [0.29, 0.717) is 17.5 Å². The number of carboxylic acids is 1. The second kappa shape index (κ2) is 4.14. The van der Waals surface area contributed by atoms with Gasteiger partial charge in [-0.3, -0.25) is 14.5 Å². The molecule has 104 valence electrons. The molecule has 1 aliphatic heterocycles. The van der Waals surface area contributed by atoms with E-state index in [0.717, 1.165) is 4.90 Å². The highest BCUT2D eigenvalue weighted by molar-refractivity contribution is 6.21. The Kier molecular flexibility index (Phi) is 2.65. The Hall–Kier alpha value is -2.21. The van der Waals surface area contributed by atoms with Crippen LogP contribution in [0.2, 0.25) is 0 Å². The van der Waals surface area contributed by atoms with Crippen molar-refractivity contribution in [3.8, 4) is 0 Å². The van der Waals surface area contributed by atoms with E-state index in [1.165, 1.54) is 7.11 Å². The van der Waals surface area contributed by atoms with E-state index in [1.807, 2.05) is 0 Å². The number of benzene rings is 1. The molecule has 1 aromatic carbocycles. The van der Waals surface area contributed by atoms with Gasteiger partial charge < -0.3 is 9.84 Å². The Balaban J connectivity index is 2.00. The summed E-state index contributed by atoms with van der Waals surface area (Å²) in [6, 6.07) is 5.74. The summed E-state index contributed by atoms with van der Waals surface area (Å²) in [7, 11) is 1.29. The minimum atomic E-state index is -1.48. The number of carboxylic acid groups (broad SMARTS) is 1. The molecule has 0 aromatic heterocycles. The van der Waals surface area contributed by atoms with Crippen LogP contribution in [0.15, 0.2) is 24.3 Å². The summed E-state index contributed by atoms with van der Waals surface area (Å²) in [4.78, 5) is 37.1. The number of methoxy groups -OCH3 is 1. The Morgan fingerprint density at radius 1 is 1.30 bits per heavy atom. The van der Waals surface area contributed by atoms with Gasteiger partial charge in [-0.25, -0.2) is 4.79 Å². The molecule has 0 saturated heterocycles. The monoisotopic (exact) mass is 275 g/mol. The van der Waals surface area contributed by atoms with Gasteiger partial charge in [0.1, 0.15) is 0 Å². The van der Waals surface area contributed by atoms with Gasteiger partial charge in [0.15, 0.2) is 5.60 Å². The topological polar surface area (TPSA) is 83.9 Å². The maximum absolute atomic E-state index is 12.3. The fourth-order valence-electron chi connectivity index (χ4n) is 2.94. The number of hydrogen-bond acceptors (Lipinski definition) is 4. The molecule has 3 rings (SSSR count). The Morgan fingerprint density at radius 3 is 2.20 bits per heavy atom. The molecule has 20 heavy (non-hydrogen) atoms. The first kappa shape index (κ1) is 12.8. The van der Waals surface area contributed by atoms with Crippen LogP contribution in [0.4, 0.5) is 0 Å². The van der Waals surface area contributed by atoms with Gasteiger partial charge in [0.25, 0.3) is 11.8 Å². The van der Waals surface area contributed by atoms with Crippen LogP contribution >= 0.6 is 0 Å². The third-order valence-electron chi connectivity index (χ3n) is 4.19. The number of carbonyl (C=O) groups excluding carboxylic acids is 2. The molecule has 1 aromatic rings. The molecular formula is C14H13NO5. The van der Waals surface area contributed by atoms with Gasteiger partial charge in [-0.05, 0) is 25.0 Å². The number of rotatable bonds is 3. The molecule has 1 saturated carbocycles. The van der Waals surface area contributed by atoms with Crippen LogP contribution in [-0.2, 0) is 9.53 Å². The summed E-state index contributed by atoms with van der Waals surface area (Å²) in [5, 5.41) is 9.33. The van der Waals surface area contributed by atoms with Crippen LogP contribution in [0.25, 0.3) is 0 Å². The van der Waals surface area contributed by atoms with Crippen molar-refractivity contribution in [2.75, 3.05) is 7.11 Å². The molecule has 1 fully saturated rings. The van der Waals surface area contributed by atoms with Crippen LogP contribution in [0.5, 0.6) is 0 Å². The van der Waals surface area contributed by atoms with Crippen LogP contribution < -0.4 is 0 Å². The Bertz CT molecular complexity index is 587. The smallest absolute Gasteiger partial charge is 0.338 e. The second-order valence-electron chi connectivity index (χ2n) is 4.98. The molecule has 0 bridgehead atoms. The van der Waals surface area contributed by atoms with E-state index in [4.69, 9.17) is 4.74 Å². The largest absolute Gasteiger partial charge is 0.479 e. The van der Waals surface area contributed by atoms with Crippen molar-refractivity contribution >= 4 is 17.8 Å². The lowest BCUT2D eigenvalue weighted by Gasteiger charge is -2.47. The van der Waals surface area contributed by atoms with E-state index in [1.54, 1.807) is 24.3 Å². The predicted octanol–water partition coefficient (Wildman–Crippen LogP) is 0.915. The molecule has 0 radical (unpaired) electrons. The van der Waals surface area contributed by atoms with Gasteiger partial charge in [0, 0.05) is 7.11 Å². The van der Waals surface area contributed by atoms with Crippen molar-refractivity contribution in [2.45, 2.75) is 24.5 Å². The summed E-state index contributed by atoms with van der Waals surface area (Å²) in [5.41, 5.74) is -0.840. The van der Waals surface area contributed by atoms with Crippen molar-refractivity contribution in [3.63, 3.8) is 0 Å².